The van der Waals surface area contributed by atoms with Crippen LogP contribution < -0.4 is 0 Å². The molecule has 0 N–H and O–H groups in total. The van der Waals surface area contributed by atoms with Gasteiger partial charge < -0.3 is 18.9 Å². The van der Waals surface area contributed by atoms with Crippen molar-refractivity contribution in [3.63, 3.8) is 0 Å². The molecule has 5 rings (SSSR count). The van der Waals surface area contributed by atoms with Crippen LogP contribution in [0.3, 0.4) is 0 Å². The lowest BCUT2D eigenvalue weighted by Crippen LogP contribution is -2.66. The quantitative estimate of drug-likeness (QED) is 0.345. The lowest BCUT2D eigenvalue weighted by Gasteiger charge is -2.47. The zero-order valence-corrected chi connectivity index (χ0v) is 22.8. The first-order valence-corrected chi connectivity index (χ1v) is 13.6. The minimum atomic E-state index is -0.823. The van der Waals surface area contributed by atoms with Crippen LogP contribution in [-0.4, -0.2) is 54.1 Å². The molecule has 1 heterocycles. The summed E-state index contributed by atoms with van der Waals surface area (Å²) in [6, 6.07) is 29.1. The number of benzene rings is 3. The van der Waals surface area contributed by atoms with E-state index in [1.54, 1.807) is 0 Å². The third kappa shape index (κ3) is 6.77. The second kappa shape index (κ2) is 13.2. The Bertz CT molecular complexity index is 1240. The Morgan fingerprint density at radius 1 is 0.675 bits per heavy atom. The van der Waals surface area contributed by atoms with Gasteiger partial charge in [-0.1, -0.05) is 91.0 Å². The summed E-state index contributed by atoms with van der Waals surface area (Å²) in [4.78, 5) is 31.1. The largest absolute Gasteiger partial charge is 0.458 e. The molecule has 3 aromatic rings. The number of carbonyl (C=O) groups is 2. The zero-order valence-electron chi connectivity index (χ0n) is 22.8. The number of esters is 2. The van der Waals surface area contributed by atoms with Crippen LogP contribution >= 0.6 is 0 Å². The summed E-state index contributed by atoms with van der Waals surface area (Å²) in [5, 5.41) is 1.86. The highest BCUT2D eigenvalue weighted by molar-refractivity contribution is 5.67. The molecule has 1 aliphatic carbocycles. The van der Waals surface area contributed by atoms with E-state index < -0.39 is 42.4 Å². The molecule has 0 unspecified atom stereocenters. The molecule has 6 atom stereocenters. The number of hydrogen-bond donors (Lipinski definition) is 0. The van der Waals surface area contributed by atoms with Gasteiger partial charge in [-0.2, -0.15) is 5.06 Å². The molecule has 40 heavy (non-hydrogen) atoms. The van der Waals surface area contributed by atoms with Crippen LogP contribution in [0.25, 0.3) is 0 Å². The van der Waals surface area contributed by atoms with Crippen molar-refractivity contribution in [1.82, 2.24) is 5.06 Å². The van der Waals surface area contributed by atoms with E-state index in [4.69, 9.17) is 23.8 Å². The zero-order chi connectivity index (χ0) is 27.9. The monoisotopic (exact) mass is 545 g/mol. The summed E-state index contributed by atoms with van der Waals surface area (Å²) in [5.41, 5.74) is 2.98. The van der Waals surface area contributed by atoms with Crippen molar-refractivity contribution < 1.29 is 33.4 Å². The van der Waals surface area contributed by atoms with E-state index >= 15 is 0 Å². The fourth-order valence-corrected chi connectivity index (χ4v) is 5.60. The molecule has 210 valence electrons. The Morgan fingerprint density at radius 2 is 1.15 bits per heavy atom. The molecule has 2 fully saturated rings. The summed E-state index contributed by atoms with van der Waals surface area (Å²) >= 11 is 0. The maximum absolute atomic E-state index is 12.4. The Labute approximate surface area is 234 Å². The highest BCUT2D eigenvalue weighted by atomic mass is 16.7. The third-order valence-electron chi connectivity index (χ3n) is 7.29. The van der Waals surface area contributed by atoms with Gasteiger partial charge in [-0.05, 0) is 16.7 Å². The van der Waals surface area contributed by atoms with Gasteiger partial charge in [0.2, 0.25) is 0 Å². The van der Waals surface area contributed by atoms with Crippen LogP contribution in [0.5, 0.6) is 0 Å². The summed E-state index contributed by atoms with van der Waals surface area (Å²) in [6.07, 6.45) is -2.95. The summed E-state index contributed by atoms with van der Waals surface area (Å²) < 4.78 is 24.9. The van der Waals surface area contributed by atoms with Gasteiger partial charge in [-0.25, -0.2) is 0 Å². The van der Waals surface area contributed by atoms with Crippen LogP contribution in [0.1, 0.15) is 30.5 Å². The maximum Gasteiger partial charge on any atom is 0.303 e. The molecular formula is C32H35NO7. The second-order valence-corrected chi connectivity index (χ2v) is 10.2. The number of rotatable bonds is 10. The molecule has 1 saturated heterocycles. The van der Waals surface area contributed by atoms with Gasteiger partial charge in [0.05, 0.1) is 25.9 Å². The Balaban J connectivity index is 1.50. The fourth-order valence-electron chi connectivity index (χ4n) is 5.60. The molecule has 8 nitrogen and oxygen atoms in total. The predicted octanol–water partition coefficient (Wildman–Crippen LogP) is 4.47. The molecule has 0 radical (unpaired) electrons. The predicted molar refractivity (Wildman–Crippen MR) is 146 cm³/mol. The van der Waals surface area contributed by atoms with Crippen molar-refractivity contribution in [2.24, 2.45) is 5.92 Å². The molecule has 8 heteroatoms. The van der Waals surface area contributed by atoms with Crippen molar-refractivity contribution in [3.05, 3.63) is 108 Å². The van der Waals surface area contributed by atoms with Crippen LogP contribution in [0.4, 0.5) is 0 Å². The normalized spacial score (nSPS) is 26.1. The number of hydroxylamine groups is 2. The van der Waals surface area contributed by atoms with Crippen LogP contribution in [0.2, 0.25) is 0 Å². The molecule has 0 amide bonds. The molecule has 0 aromatic heterocycles. The smallest absolute Gasteiger partial charge is 0.303 e. The molecule has 0 spiro atoms. The van der Waals surface area contributed by atoms with E-state index in [1.807, 2.05) is 96.1 Å². The minimum absolute atomic E-state index is 0.239. The van der Waals surface area contributed by atoms with Crippen molar-refractivity contribution >= 4 is 11.9 Å². The second-order valence-electron chi connectivity index (χ2n) is 10.2. The van der Waals surface area contributed by atoms with Crippen LogP contribution in [-0.2, 0) is 53.1 Å². The number of carbonyl (C=O) groups excluding carboxylic acids is 2. The van der Waals surface area contributed by atoms with Gasteiger partial charge in [0.15, 0.2) is 6.10 Å². The Morgan fingerprint density at radius 3 is 1.68 bits per heavy atom. The highest BCUT2D eigenvalue weighted by Crippen LogP contribution is 2.41. The lowest BCUT2D eigenvalue weighted by molar-refractivity contribution is -0.241. The number of nitrogens with zero attached hydrogens (tertiary/aromatic N) is 1. The molecule has 1 aliphatic heterocycles. The lowest BCUT2D eigenvalue weighted by atomic mass is 9.76. The first-order valence-electron chi connectivity index (χ1n) is 13.6. The van der Waals surface area contributed by atoms with E-state index in [1.165, 1.54) is 13.8 Å². The summed E-state index contributed by atoms with van der Waals surface area (Å²) in [7, 11) is 0. The van der Waals surface area contributed by atoms with Gasteiger partial charge >= 0.3 is 11.9 Å². The van der Waals surface area contributed by atoms with E-state index in [2.05, 4.69) is 0 Å². The van der Waals surface area contributed by atoms with E-state index in [0.717, 1.165) is 16.7 Å². The van der Waals surface area contributed by atoms with Crippen LogP contribution in [0, 0.1) is 5.92 Å². The van der Waals surface area contributed by atoms with E-state index in [0.29, 0.717) is 19.8 Å². The van der Waals surface area contributed by atoms with E-state index in [9.17, 15) is 9.59 Å². The molecule has 0 bridgehead atoms. The number of fused-ring (bicyclic) bond motifs is 1. The van der Waals surface area contributed by atoms with Gasteiger partial charge in [0, 0.05) is 26.3 Å². The topological polar surface area (TPSA) is 83.5 Å². The average molecular weight is 546 g/mol. The third-order valence-corrected chi connectivity index (χ3v) is 7.29. The standard InChI is InChI=1S/C32H35NO7/c1-22(34)39-30-28-27(21-38-33(28)18-24-12-6-3-7-13-24)29(36-19-25-14-8-4-9-15-25)32(40-23(2)35)31(30)37-20-26-16-10-5-11-17-26/h3-17,27-32H,18-21H2,1-2H3/t27-,28+,29+,30-,31+,32+/m0/s1. The van der Waals surface area contributed by atoms with E-state index in [-0.39, 0.29) is 12.5 Å². The Hall–Kier alpha value is -3.56. The average Bonchev–Trinajstić information content (AvgIpc) is 3.37. The molecular weight excluding hydrogens is 510 g/mol. The minimum Gasteiger partial charge on any atom is -0.458 e. The van der Waals surface area contributed by atoms with Crippen molar-refractivity contribution in [2.45, 2.75) is 64.1 Å². The van der Waals surface area contributed by atoms with Crippen molar-refractivity contribution in [2.75, 3.05) is 6.61 Å². The first-order chi connectivity index (χ1) is 19.5. The number of ether oxygens (including phenoxy) is 4. The van der Waals surface area contributed by atoms with Crippen LogP contribution in [0.15, 0.2) is 91.0 Å². The highest BCUT2D eigenvalue weighted by Gasteiger charge is 2.60. The first kappa shape index (κ1) is 28.0. The van der Waals surface area contributed by atoms with Crippen molar-refractivity contribution in [1.29, 1.82) is 0 Å². The van der Waals surface area contributed by atoms with Gasteiger partial charge in [-0.15, -0.1) is 0 Å². The summed E-state index contributed by atoms with van der Waals surface area (Å²) in [6.45, 7) is 4.09. The van der Waals surface area contributed by atoms with Gasteiger partial charge in [0.25, 0.3) is 0 Å². The summed E-state index contributed by atoms with van der Waals surface area (Å²) in [5.74, 6) is -1.17. The molecule has 2 aliphatic rings. The maximum atomic E-state index is 12.4. The SMILES string of the molecule is CC(=O)O[C@H]1[C@H](OCc2ccccc2)[C@@H](OC(C)=O)[C@H]2[C@H](CON2Cc2ccccc2)[C@H]1OCc1ccccc1. The Kier molecular flexibility index (Phi) is 9.23. The van der Waals surface area contributed by atoms with Gasteiger partial charge in [0.1, 0.15) is 18.3 Å². The van der Waals surface area contributed by atoms with Crippen molar-refractivity contribution in [3.8, 4) is 0 Å². The molecule has 1 saturated carbocycles. The molecule has 3 aromatic carbocycles. The van der Waals surface area contributed by atoms with Gasteiger partial charge in [-0.3, -0.25) is 14.4 Å². The number of hydrogen-bond acceptors (Lipinski definition) is 8. The fraction of sp³-hybridized carbons (Fsp3) is 0.375.